The van der Waals surface area contributed by atoms with Crippen molar-refractivity contribution < 1.29 is 24.5 Å². The predicted molar refractivity (Wildman–Crippen MR) is 241 cm³/mol. The first-order valence-electron chi connectivity index (χ1n) is 22.8. The Bertz CT molecular complexity index is 1100. The highest BCUT2D eigenvalue weighted by atomic mass is 16.5. The fourth-order valence-electron chi connectivity index (χ4n) is 6.32. The van der Waals surface area contributed by atoms with Crippen molar-refractivity contribution in [3.05, 3.63) is 85.1 Å². The number of amides is 1. The lowest BCUT2D eigenvalue weighted by Crippen LogP contribution is -2.46. The van der Waals surface area contributed by atoms with Crippen LogP contribution in [0.25, 0.3) is 0 Å². The first-order chi connectivity index (χ1) is 27.5. The molecular formula is C50H85NO5. The number of aliphatic hydroxyl groups excluding tert-OH is 2. The van der Waals surface area contributed by atoms with E-state index >= 15 is 0 Å². The normalized spacial score (nSPS) is 14.2. The van der Waals surface area contributed by atoms with Crippen LogP contribution in [0, 0.1) is 0 Å². The summed E-state index contributed by atoms with van der Waals surface area (Å²) in [7, 11) is 0. The summed E-state index contributed by atoms with van der Waals surface area (Å²) in [5.74, 6) is -0.560. The highest BCUT2D eigenvalue weighted by Gasteiger charge is 2.24. The summed E-state index contributed by atoms with van der Waals surface area (Å²) in [5, 5.41) is 23.6. The maximum atomic E-state index is 13.1. The van der Waals surface area contributed by atoms with Gasteiger partial charge in [-0.3, -0.25) is 9.59 Å². The zero-order valence-electron chi connectivity index (χ0n) is 36.2. The molecule has 0 aliphatic heterocycles. The van der Waals surface area contributed by atoms with Gasteiger partial charge in [-0.1, -0.05) is 170 Å². The Hall–Kier alpha value is -2.96. The molecule has 1 amide bonds. The summed E-state index contributed by atoms with van der Waals surface area (Å²) in [6.07, 6.45) is 55.0. The highest BCUT2D eigenvalue weighted by molar-refractivity contribution is 5.77. The third-order valence-electron chi connectivity index (χ3n) is 9.72. The van der Waals surface area contributed by atoms with Gasteiger partial charge in [0.05, 0.1) is 25.2 Å². The van der Waals surface area contributed by atoms with E-state index in [4.69, 9.17) is 4.74 Å². The standard InChI is InChI=1S/C50H85NO5/c1-4-7-10-13-16-19-21-23-24-25-26-28-31-34-37-40-43-50(55)56-46(41-38-35-32-30-27-22-20-17-14-11-8-5-2)44-49(54)51-47(45-52)48(53)42-39-36-33-29-18-15-12-9-6-3/h7-8,10-11,16-17,19-20,23-24,26-28,30,46-48,52-53H,4-6,9,12-15,18,21-22,25,29,31-45H2,1-3H3,(H,51,54)/b10-7+,11-8+,19-16+,20-17+,24-23+,28-26+,30-27+. The van der Waals surface area contributed by atoms with Crippen LogP contribution in [0.5, 0.6) is 0 Å². The molecule has 0 spiro atoms. The highest BCUT2D eigenvalue weighted by Crippen LogP contribution is 2.16. The molecule has 0 heterocycles. The number of carbonyl (C=O) groups excluding carboxylic acids is 2. The van der Waals surface area contributed by atoms with Crippen molar-refractivity contribution >= 4 is 11.9 Å². The lowest BCUT2D eigenvalue weighted by atomic mass is 10.0. The second-order valence-electron chi connectivity index (χ2n) is 15.0. The minimum Gasteiger partial charge on any atom is -0.462 e. The maximum Gasteiger partial charge on any atom is 0.306 e. The Morgan fingerprint density at radius 2 is 0.964 bits per heavy atom. The fraction of sp³-hybridized carbons (Fsp3) is 0.680. The second kappa shape index (κ2) is 43.2. The van der Waals surface area contributed by atoms with Crippen LogP contribution in [0.1, 0.15) is 194 Å². The number of aliphatic hydroxyl groups is 2. The number of hydrogen-bond donors (Lipinski definition) is 3. The van der Waals surface area contributed by atoms with E-state index in [1.54, 1.807) is 0 Å². The van der Waals surface area contributed by atoms with Gasteiger partial charge in [0, 0.05) is 6.42 Å². The Morgan fingerprint density at radius 3 is 1.46 bits per heavy atom. The molecule has 56 heavy (non-hydrogen) atoms. The summed E-state index contributed by atoms with van der Waals surface area (Å²) in [5.41, 5.74) is 0. The molecule has 0 aromatic carbocycles. The molecular weight excluding hydrogens is 695 g/mol. The van der Waals surface area contributed by atoms with E-state index in [0.717, 1.165) is 109 Å². The summed E-state index contributed by atoms with van der Waals surface area (Å²) in [6, 6.07) is -0.722. The monoisotopic (exact) mass is 780 g/mol. The third-order valence-corrected chi connectivity index (χ3v) is 9.72. The van der Waals surface area contributed by atoms with Crippen molar-refractivity contribution in [1.82, 2.24) is 5.32 Å². The number of unbranched alkanes of at least 4 members (excludes halogenated alkanes) is 13. The van der Waals surface area contributed by atoms with Gasteiger partial charge in [0.25, 0.3) is 0 Å². The zero-order valence-corrected chi connectivity index (χ0v) is 36.2. The molecule has 0 bridgehead atoms. The van der Waals surface area contributed by atoms with Crippen LogP contribution in [0.2, 0.25) is 0 Å². The van der Waals surface area contributed by atoms with Gasteiger partial charge in [-0.05, 0) is 96.3 Å². The molecule has 0 aromatic rings. The number of hydrogen-bond acceptors (Lipinski definition) is 5. The van der Waals surface area contributed by atoms with Crippen LogP contribution >= 0.6 is 0 Å². The van der Waals surface area contributed by atoms with E-state index in [0.29, 0.717) is 19.3 Å². The lowest BCUT2D eigenvalue weighted by molar-refractivity contribution is -0.151. The van der Waals surface area contributed by atoms with Gasteiger partial charge < -0.3 is 20.3 Å². The van der Waals surface area contributed by atoms with E-state index in [9.17, 15) is 19.8 Å². The van der Waals surface area contributed by atoms with Crippen molar-refractivity contribution in [1.29, 1.82) is 0 Å². The van der Waals surface area contributed by atoms with E-state index in [1.165, 1.54) is 38.5 Å². The molecule has 0 aliphatic rings. The Balaban J connectivity index is 4.72. The first-order valence-corrected chi connectivity index (χ1v) is 22.8. The Morgan fingerprint density at radius 1 is 0.536 bits per heavy atom. The van der Waals surface area contributed by atoms with Crippen LogP contribution in [0.15, 0.2) is 85.1 Å². The van der Waals surface area contributed by atoms with Crippen molar-refractivity contribution in [2.45, 2.75) is 212 Å². The zero-order chi connectivity index (χ0) is 41.0. The van der Waals surface area contributed by atoms with E-state index in [-0.39, 0.29) is 24.9 Å². The average molecular weight is 780 g/mol. The number of ether oxygens (including phenoxy) is 1. The number of nitrogens with one attached hydrogen (secondary N) is 1. The summed E-state index contributed by atoms with van der Waals surface area (Å²) >= 11 is 0. The van der Waals surface area contributed by atoms with Crippen LogP contribution in [-0.2, 0) is 14.3 Å². The molecule has 0 aromatic heterocycles. The largest absolute Gasteiger partial charge is 0.462 e. The van der Waals surface area contributed by atoms with E-state index in [2.05, 4.69) is 111 Å². The lowest BCUT2D eigenvalue weighted by Gasteiger charge is -2.24. The molecule has 3 N–H and O–H groups in total. The van der Waals surface area contributed by atoms with Gasteiger partial charge in [0.2, 0.25) is 5.91 Å². The fourth-order valence-corrected chi connectivity index (χ4v) is 6.32. The van der Waals surface area contributed by atoms with Gasteiger partial charge in [0.15, 0.2) is 0 Å². The summed E-state index contributed by atoms with van der Waals surface area (Å²) in [6.45, 7) is 6.19. The smallest absolute Gasteiger partial charge is 0.306 e. The summed E-state index contributed by atoms with van der Waals surface area (Å²) < 4.78 is 5.87. The van der Waals surface area contributed by atoms with E-state index in [1.807, 2.05) is 0 Å². The van der Waals surface area contributed by atoms with Crippen molar-refractivity contribution in [2.75, 3.05) is 6.61 Å². The topological polar surface area (TPSA) is 95.9 Å². The van der Waals surface area contributed by atoms with Crippen molar-refractivity contribution in [3.63, 3.8) is 0 Å². The number of rotatable bonds is 39. The molecule has 6 heteroatoms. The Labute approximate surface area is 344 Å². The molecule has 0 aliphatic carbocycles. The molecule has 3 unspecified atom stereocenters. The molecule has 0 rings (SSSR count). The number of allylic oxidation sites excluding steroid dienone is 14. The quantitative estimate of drug-likeness (QED) is 0.0328. The first kappa shape index (κ1) is 53.0. The van der Waals surface area contributed by atoms with Gasteiger partial charge in [-0.2, -0.15) is 0 Å². The molecule has 0 radical (unpaired) electrons. The van der Waals surface area contributed by atoms with Gasteiger partial charge in [-0.25, -0.2) is 0 Å². The van der Waals surface area contributed by atoms with Crippen LogP contribution < -0.4 is 5.32 Å². The molecule has 6 nitrogen and oxygen atoms in total. The van der Waals surface area contributed by atoms with Gasteiger partial charge >= 0.3 is 5.97 Å². The van der Waals surface area contributed by atoms with Gasteiger partial charge in [-0.15, -0.1) is 0 Å². The Kier molecular flexibility index (Phi) is 40.9. The molecule has 320 valence electrons. The molecule has 0 fully saturated rings. The minimum absolute atomic E-state index is 0.0337. The number of esters is 1. The van der Waals surface area contributed by atoms with Gasteiger partial charge in [0.1, 0.15) is 6.10 Å². The maximum absolute atomic E-state index is 13.1. The van der Waals surface area contributed by atoms with Crippen LogP contribution in [-0.4, -0.2) is 46.9 Å². The second-order valence-corrected chi connectivity index (χ2v) is 15.0. The molecule has 0 saturated heterocycles. The van der Waals surface area contributed by atoms with E-state index < -0.39 is 18.2 Å². The van der Waals surface area contributed by atoms with Crippen LogP contribution in [0.4, 0.5) is 0 Å². The SMILES string of the molecule is CC/C=C/C/C=C/C/C=C/C/C=C/CCCCCC(=O)OC(CCCC/C=C/C/C=C/C/C=C/CC)CC(=O)NC(CO)C(O)CCCCCCCCCCC. The minimum atomic E-state index is -0.805. The molecule has 3 atom stereocenters. The summed E-state index contributed by atoms with van der Waals surface area (Å²) in [4.78, 5) is 26.0. The molecule has 0 saturated carbocycles. The van der Waals surface area contributed by atoms with Crippen LogP contribution in [0.3, 0.4) is 0 Å². The third kappa shape index (κ3) is 37.9. The van der Waals surface area contributed by atoms with Crippen molar-refractivity contribution in [2.24, 2.45) is 0 Å². The predicted octanol–water partition coefficient (Wildman–Crippen LogP) is 13.2. The number of carbonyl (C=O) groups is 2. The average Bonchev–Trinajstić information content (AvgIpc) is 3.19. The van der Waals surface area contributed by atoms with Crippen molar-refractivity contribution in [3.8, 4) is 0 Å².